The fraction of sp³-hybridized carbons (Fsp3) is 0.400. The Morgan fingerprint density at radius 1 is 1.10 bits per heavy atom. The van der Waals surface area contributed by atoms with Crippen molar-refractivity contribution < 1.29 is 13.5 Å². The van der Waals surface area contributed by atoms with E-state index in [0.29, 0.717) is 11.5 Å². The lowest BCUT2D eigenvalue weighted by molar-refractivity contribution is 0.0556. The number of hydrogen-bond donors (Lipinski definition) is 1. The molecule has 1 N–H and O–H groups in total. The Kier molecular flexibility index (Phi) is 6.16. The fourth-order valence-corrected chi connectivity index (χ4v) is 6.68. The van der Waals surface area contributed by atoms with Gasteiger partial charge in [-0.1, -0.05) is 55.0 Å². The van der Waals surface area contributed by atoms with Crippen molar-refractivity contribution in [2.24, 2.45) is 5.92 Å². The molecule has 4 rings (SSSR count). The summed E-state index contributed by atoms with van der Waals surface area (Å²) in [5.41, 5.74) is 2.37. The average Bonchev–Trinajstić information content (AvgIpc) is 3.27. The average molecular weight is 435 g/mol. The Bertz CT molecular complexity index is 1150. The molecule has 3 atom stereocenters. The topological polar surface area (TPSA) is 81.4 Å². The van der Waals surface area contributed by atoms with Crippen molar-refractivity contribution in [2.75, 3.05) is 6.61 Å². The number of sulfonamides is 1. The van der Waals surface area contributed by atoms with E-state index in [4.69, 9.17) is 0 Å². The summed E-state index contributed by atoms with van der Waals surface area (Å²) in [7, 11) is -3.89. The van der Waals surface area contributed by atoms with Crippen molar-refractivity contribution in [2.45, 2.75) is 55.5 Å². The number of nitrogens with zero attached hydrogens (tertiary/aromatic N) is 2. The standard InChI is InChI=1S/C25H26N2O3S/c1-18-6-2-5-9-24(18)31(29,30)27-22(16-26)25(23(27)17-28)21-14-12-20(13-15-21)11-10-19-7-3-4-8-19/h2,5-6,9,12-15,19,22-23,25,28H,3-4,7-8,17H2,1H3/t22-,23-,25-/m0/s1. The summed E-state index contributed by atoms with van der Waals surface area (Å²) in [6.45, 7) is 1.38. The quantitative estimate of drug-likeness (QED) is 0.746. The van der Waals surface area contributed by atoms with Gasteiger partial charge in [-0.05, 0) is 49.1 Å². The molecule has 2 fully saturated rings. The molecule has 1 saturated heterocycles. The summed E-state index contributed by atoms with van der Waals surface area (Å²) >= 11 is 0. The molecular weight excluding hydrogens is 408 g/mol. The van der Waals surface area contributed by atoms with Crippen LogP contribution in [0.15, 0.2) is 53.4 Å². The van der Waals surface area contributed by atoms with Crippen LogP contribution in [0.5, 0.6) is 0 Å². The predicted octanol–water partition coefficient (Wildman–Crippen LogP) is 3.58. The predicted molar refractivity (Wildman–Crippen MR) is 118 cm³/mol. The number of benzene rings is 2. The van der Waals surface area contributed by atoms with Gasteiger partial charge in [0.2, 0.25) is 10.0 Å². The van der Waals surface area contributed by atoms with Gasteiger partial charge in [0, 0.05) is 17.4 Å². The summed E-state index contributed by atoms with van der Waals surface area (Å²) < 4.78 is 27.7. The zero-order valence-corrected chi connectivity index (χ0v) is 18.3. The van der Waals surface area contributed by atoms with Crippen LogP contribution in [0.2, 0.25) is 0 Å². The second kappa shape index (κ2) is 8.85. The summed E-state index contributed by atoms with van der Waals surface area (Å²) in [5, 5.41) is 19.8. The highest BCUT2D eigenvalue weighted by atomic mass is 32.2. The molecule has 0 spiro atoms. The minimum Gasteiger partial charge on any atom is -0.395 e. The molecule has 0 bridgehead atoms. The first kappa shape index (κ1) is 21.6. The van der Waals surface area contributed by atoms with Crippen LogP contribution in [0.1, 0.15) is 48.3 Å². The van der Waals surface area contributed by atoms with Gasteiger partial charge >= 0.3 is 0 Å². The van der Waals surface area contributed by atoms with E-state index in [1.54, 1.807) is 31.2 Å². The largest absolute Gasteiger partial charge is 0.395 e. The van der Waals surface area contributed by atoms with E-state index >= 15 is 0 Å². The van der Waals surface area contributed by atoms with Crippen molar-refractivity contribution in [3.05, 3.63) is 65.2 Å². The Balaban J connectivity index is 1.58. The summed E-state index contributed by atoms with van der Waals surface area (Å²) in [4.78, 5) is 0.171. The van der Waals surface area contributed by atoms with E-state index < -0.39 is 22.1 Å². The first-order chi connectivity index (χ1) is 15.0. The van der Waals surface area contributed by atoms with Crippen molar-refractivity contribution in [1.82, 2.24) is 4.31 Å². The maximum absolute atomic E-state index is 13.3. The number of rotatable bonds is 4. The van der Waals surface area contributed by atoms with E-state index in [1.807, 2.05) is 24.3 Å². The minimum atomic E-state index is -3.89. The third-order valence-electron chi connectivity index (χ3n) is 6.40. The maximum atomic E-state index is 13.3. The third kappa shape index (κ3) is 4.00. The summed E-state index contributed by atoms with van der Waals surface area (Å²) in [6.07, 6.45) is 4.83. The lowest BCUT2D eigenvalue weighted by Gasteiger charge is -2.50. The van der Waals surface area contributed by atoms with Crippen LogP contribution < -0.4 is 0 Å². The Morgan fingerprint density at radius 3 is 2.39 bits per heavy atom. The first-order valence-corrected chi connectivity index (χ1v) is 12.1. The highest BCUT2D eigenvalue weighted by molar-refractivity contribution is 7.89. The molecule has 2 aliphatic rings. The second-order valence-electron chi connectivity index (χ2n) is 8.32. The van der Waals surface area contributed by atoms with Gasteiger partial charge in [-0.3, -0.25) is 0 Å². The molecule has 0 radical (unpaired) electrons. The highest BCUT2D eigenvalue weighted by Crippen LogP contribution is 2.44. The smallest absolute Gasteiger partial charge is 0.244 e. The van der Waals surface area contributed by atoms with Crippen molar-refractivity contribution >= 4 is 10.0 Å². The van der Waals surface area contributed by atoms with Crippen LogP contribution >= 0.6 is 0 Å². The lowest BCUT2D eigenvalue weighted by atomic mass is 9.78. The molecule has 0 amide bonds. The Hall–Kier alpha value is -2.64. The van der Waals surface area contributed by atoms with Gasteiger partial charge in [-0.2, -0.15) is 9.57 Å². The van der Waals surface area contributed by atoms with Crippen molar-refractivity contribution in [3.8, 4) is 17.9 Å². The molecule has 31 heavy (non-hydrogen) atoms. The van der Waals surface area contributed by atoms with E-state index in [1.165, 1.54) is 25.7 Å². The normalized spacial score (nSPS) is 24.1. The zero-order chi connectivity index (χ0) is 22.0. The Labute approximate surface area is 184 Å². The molecule has 1 saturated carbocycles. The monoisotopic (exact) mass is 434 g/mol. The number of aliphatic hydroxyl groups is 1. The van der Waals surface area contributed by atoms with Crippen LogP contribution in [0, 0.1) is 36.0 Å². The number of aryl methyl sites for hydroxylation is 1. The third-order valence-corrected chi connectivity index (χ3v) is 8.46. The van der Waals surface area contributed by atoms with Crippen LogP contribution in [0.3, 0.4) is 0 Å². The molecule has 2 aromatic carbocycles. The molecule has 160 valence electrons. The Morgan fingerprint density at radius 2 is 1.77 bits per heavy atom. The molecule has 0 unspecified atom stereocenters. The summed E-state index contributed by atoms with van der Waals surface area (Å²) in [6, 6.07) is 14.9. The van der Waals surface area contributed by atoms with Gasteiger partial charge in [0.1, 0.15) is 6.04 Å². The molecule has 1 aliphatic carbocycles. The number of nitriles is 1. The zero-order valence-electron chi connectivity index (χ0n) is 17.5. The molecule has 1 heterocycles. The molecule has 5 nitrogen and oxygen atoms in total. The first-order valence-electron chi connectivity index (χ1n) is 10.7. The molecular formula is C25H26N2O3S. The molecule has 0 aromatic heterocycles. The molecule has 1 aliphatic heterocycles. The maximum Gasteiger partial charge on any atom is 0.244 e. The van der Waals surface area contributed by atoms with E-state index in [0.717, 1.165) is 15.4 Å². The fourth-order valence-electron chi connectivity index (χ4n) is 4.70. The van der Waals surface area contributed by atoms with Crippen LogP contribution in [0.4, 0.5) is 0 Å². The van der Waals surface area contributed by atoms with Gasteiger partial charge in [-0.25, -0.2) is 8.42 Å². The lowest BCUT2D eigenvalue weighted by Crippen LogP contribution is -2.65. The van der Waals surface area contributed by atoms with Crippen molar-refractivity contribution in [3.63, 3.8) is 0 Å². The SMILES string of the molecule is Cc1ccccc1S(=O)(=O)N1[C@@H](C#N)[C@H](c2ccc(C#CC3CCCC3)cc2)[C@@H]1CO. The molecule has 6 heteroatoms. The summed E-state index contributed by atoms with van der Waals surface area (Å²) in [5.74, 6) is 6.66. The number of aliphatic hydroxyl groups excluding tert-OH is 1. The van der Waals surface area contributed by atoms with E-state index in [-0.39, 0.29) is 17.4 Å². The van der Waals surface area contributed by atoms with Gasteiger partial charge in [-0.15, -0.1) is 0 Å². The van der Waals surface area contributed by atoms with Gasteiger partial charge in [0.25, 0.3) is 0 Å². The van der Waals surface area contributed by atoms with Crippen LogP contribution in [-0.4, -0.2) is 36.5 Å². The van der Waals surface area contributed by atoms with Gasteiger partial charge in [0.05, 0.1) is 23.6 Å². The van der Waals surface area contributed by atoms with Crippen LogP contribution in [-0.2, 0) is 10.0 Å². The highest BCUT2D eigenvalue weighted by Gasteiger charge is 2.55. The number of hydrogen-bond acceptors (Lipinski definition) is 4. The van der Waals surface area contributed by atoms with E-state index in [9.17, 15) is 18.8 Å². The van der Waals surface area contributed by atoms with Gasteiger partial charge < -0.3 is 5.11 Å². The van der Waals surface area contributed by atoms with Crippen LogP contribution in [0.25, 0.3) is 0 Å². The van der Waals surface area contributed by atoms with Gasteiger partial charge in [0.15, 0.2) is 0 Å². The second-order valence-corrected chi connectivity index (χ2v) is 10.1. The minimum absolute atomic E-state index is 0.171. The van der Waals surface area contributed by atoms with E-state index in [2.05, 4.69) is 17.9 Å². The molecule has 2 aromatic rings. The van der Waals surface area contributed by atoms with Crippen molar-refractivity contribution in [1.29, 1.82) is 5.26 Å².